The molecule has 0 unspecified atom stereocenters. The van der Waals surface area contributed by atoms with Crippen LogP contribution in [-0.4, -0.2) is 25.4 Å². The van der Waals surface area contributed by atoms with E-state index in [-0.39, 0.29) is 11.4 Å². The van der Waals surface area contributed by atoms with E-state index in [1.807, 2.05) is 13.1 Å². The zero-order valence-electron chi connectivity index (χ0n) is 10.9. The Bertz CT molecular complexity index is 671. The molecule has 0 saturated carbocycles. The third kappa shape index (κ3) is 3.66. The Labute approximate surface area is 126 Å². The fourth-order valence-corrected chi connectivity index (χ4v) is 3.70. The highest BCUT2D eigenvalue weighted by Crippen LogP contribution is 2.23. The van der Waals surface area contributed by atoms with Gasteiger partial charge in [-0.2, -0.15) is 0 Å². The van der Waals surface area contributed by atoms with E-state index in [4.69, 9.17) is 0 Å². The Morgan fingerprint density at radius 2 is 2.15 bits per heavy atom. The first-order valence-corrected chi connectivity index (χ1v) is 8.21. The maximum absolute atomic E-state index is 12.3. The summed E-state index contributed by atoms with van der Waals surface area (Å²) in [6.45, 7) is 0.728. The van der Waals surface area contributed by atoms with Crippen LogP contribution in [0.5, 0.6) is 0 Å². The first kappa shape index (κ1) is 15.2. The van der Waals surface area contributed by atoms with Gasteiger partial charge < -0.3 is 10.3 Å². The van der Waals surface area contributed by atoms with Crippen LogP contribution in [0, 0.1) is 0 Å². The molecular formula is C12H15BrN4O2S. The number of nitrogens with zero attached hydrogens (tertiary/aromatic N) is 1. The van der Waals surface area contributed by atoms with E-state index in [0.29, 0.717) is 16.8 Å². The molecule has 108 valence electrons. The van der Waals surface area contributed by atoms with Gasteiger partial charge in [-0.3, -0.25) is 0 Å². The van der Waals surface area contributed by atoms with Crippen LogP contribution >= 0.6 is 15.9 Å². The highest BCUT2D eigenvalue weighted by Gasteiger charge is 2.18. The number of nitrogens with one attached hydrogen (secondary N) is 3. The number of aromatic nitrogens is 2. The van der Waals surface area contributed by atoms with Crippen LogP contribution in [0.25, 0.3) is 0 Å². The maximum Gasteiger partial charge on any atom is 0.242 e. The van der Waals surface area contributed by atoms with Gasteiger partial charge in [0.1, 0.15) is 5.82 Å². The molecule has 0 saturated heterocycles. The van der Waals surface area contributed by atoms with Crippen LogP contribution in [0.4, 0.5) is 0 Å². The van der Waals surface area contributed by atoms with Crippen LogP contribution in [0.3, 0.4) is 0 Å². The Kier molecular flexibility index (Phi) is 4.92. The van der Waals surface area contributed by atoms with E-state index in [1.54, 1.807) is 24.5 Å². The lowest BCUT2D eigenvalue weighted by molar-refractivity contribution is 0.579. The normalized spacial score (nSPS) is 11.7. The van der Waals surface area contributed by atoms with Gasteiger partial charge in [0.2, 0.25) is 10.0 Å². The number of hydrogen-bond donors (Lipinski definition) is 3. The molecule has 20 heavy (non-hydrogen) atoms. The summed E-state index contributed by atoms with van der Waals surface area (Å²) in [6, 6.07) is 5.24. The maximum atomic E-state index is 12.3. The molecule has 0 radical (unpaired) electrons. The third-order valence-corrected chi connectivity index (χ3v) is 5.05. The van der Waals surface area contributed by atoms with E-state index in [1.165, 1.54) is 0 Å². The molecule has 8 heteroatoms. The minimum atomic E-state index is -3.59. The van der Waals surface area contributed by atoms with Gasteiger partial charge in [0.25, 0.3) is 0 Å². The molecule has 3 N–H and O–H groups in total. The number of sulfonamides is 1. The smallest absolute Gasteiger partial charge is 0.242 e. The van der Waals surface area contributed by atoms with Crippen LogP contribution in [0.15, 0.2) is 40.0 Å². The van der Waals surface area contributed by atoms with E-state index in [2.05, 4.69) is 35.9 Å². The molecule has 0 bridgehead atoms. The molecule has 0 atom stereocenters. The van der Waals surface area contributed by atoms with Crippen molar-refractivity contribution in [2.24, 2.45) is 0 Å². The third-order valence-electron chi connectivity index (χ3n) is 2.65. The Morgan fingerprint density at radius 1 is 1.35 bits per heavy atom. The second-order valence-electron chi connectivity index (χ2n) is 4.16. The number of imidazole rings is 1. The van der Waals surface area contributed by atoms with Gasteiger partial charge >= 0.3 is 0 Å². The van der Waals surface area contributed by atoms with Crippen LogP contribution in [0.2, 0.25) is 0 Å². The predicted molar refractivity (Wildman–Crippen MR) is 79.5 cm³/mol. The van der Waals surface area contributed by atoms with Crippen LogP contribution in [0.1, 0.15) is 11.4 Å². The lowest BCUT2D eigenvalue weighted by atomic mass is 10.2. The summed E-state index contributed by atoms with van der Waals surface area (Å²) in [7, 11) is -1.78. The highest BCUT2D eigenvalue weighted by molar-refractivity contribution is 9.10. The topological polar surface area (TPSA) is 86.9 Å². The number of halogens is 1. The van der Waals surface area contributed by atoms with Gasteiger partial charge in [-0.15, -0.1) is 0 Å². The minimum Gasteiger partial charge on any atom is -0.347 e. The Morgan fingerprint density at radius 3 is 2.80 bits per heavy atom. The first-order chi connectivity index (χ1) is 9.53. The lowest BCUT2D eigenvalue weighted by Crippen LogP contribution is -2.24. The van der Waals surface area contributed by atoms with Crippen molar-refractivity contribution < 1.29 is 8.42 Å². The quantitative estimate of drug-likeness (QED) is 0.727. The zero-order valence-corrected chi connectivity index (χ0v) is 13.3. The van der Waals surface area contributed by atoms with Crippen molar-refractivity contribution >= 4 is 26.0 Å². The molecule has 2 rings (SSSR count). The predicted octanol–water partition coefficient (Wildman–Crippen LogP) is 1.37. The van der Waals surface area contributed by atoms with Gasteiger partial charge in [-0.1, -0.05) is 6.07 Å². The summed E-state index contributed by atoms with van der Waals surface area (Å²) < 4.78 is 27.7. The molecule has 0 fully saturated rings. The zero-order chi connectivity index (χ0) is 14.6. The van der Waals surface area contributed by atoms with Crippen molar-refractivity contribution in [1.82, 2.24) is 20.0 Å². The molecule has 0 aliphatic carbocycles. The summed E-state index contributed by atoms with van der Waals surface area (Å²) in [5.74, 6) is 0.566. The molecule has 1 aromatic carbocycles. The average molecular weight is 359 g/mol. The molecule has 1 heterocycles. The van der Waals surface area contributed by atoms with Crippen molar-refractivity contribution in [1.29, 1.82) is 0 Å². The highest BCUT2D eigenvalue weighted by atomic mass is 79.9. The lowest BCUT2D eigenvalue weighted by Gasteiger charge is -2.09. The molecule has 0 spiro atoms. The van der Waals surface area contributed by atoms with Gasteiger partial charge in [0.05, 0.1) is 11.4 Å². The average Bonchev–Trinajstić information content (AvgIpc) is 2.92. The SMILES string of the molecule is CNCc1ccc(Br)c(S(=O)(=O)NCc2ncc[nH]2)c1. The van der Waals surface area contributed by atoms with E-state index >= 15 is 0 Å². The molecule has 0 aliphatic rings. The summed E-state index contributed by atoms with van der Waals surface area (Å²) in [6.07, 6.45) is 3.22. The van der Waals surface area contributed by atoms with Gasteiger partial charge in [0.15, 0.2) is 0 Å². The summed E-state index contributed by atoms with van der Waals surface area (Å²) in [5.41, 5.74) is 0.897. The van der Waals surface area contributed by atoms with Crippen molar-refractivity contribution in [3.05, 3.63) is 46.5 Å². The van der Waals surface area contributed by atoms with E-state index in [9.17, 15) is 8.42 Å². The number of aromatic amines is 1. The van der Waals surface area contributed by atoms with E-state index in [0.717, 1.165) is 5.56 Å². The minimum absolute atomic E-state index is 0.123. The van der Waals surface area contributed by atoms with Crippen LogP contribution in [-0.2, 0) is 23.1 Å². The standard InChI is InChI=1S/C12H15BrN4O2S/c1-14-7-9-2-3-10(13)11(6-9)20(18,19)17-8-12-15-4-5-16-12/h2-6,14,17H,7-8H2,1H3,(H,15,16). The number of H-pyrrole nitrogens is 1. The number of hydrogen-bond acceptors (Lipinski definition) is 4. The first-order valence-electron chi connectivity index (χ1n) is 5.94. The molecule has 2 aromatic rings. The van der Waals surface area contributed by atoms with E-state index < -0.39 is 10.0 Å². The summed E-state index contributed by atoms with van der Waals surface area (Å²) in [5, 5.41) is 2.99. The number of benzene rings is 1. The van der Waals surface area contributed by atoms with Gasteiger partial charge in [-0.05, 0) is 40.7 Å². The molecule has 6 nitrogen and oxygen atoms in total. The van der Waals surface area contributed by atoms with Crippen molar-refractivity contribution in [2.75, 3.05) is 7.05 Å². The van der Waals surface area contributed by atoms with Gasteiger partial charge in [-0.25, -0.2) is 18.1 Å². The fraction of sp³-hybridized carbons (Fsp3) is 0.250. The van der Waals surface area contributed by atoms with Crippen molar-refractivity contribution in [3.8, 4) is 0 Å². The molecular weight excluding hydrogens is 344 g/mol. The molecule has 1 aromatic heterocycles. The van der Waals surface area contributed by atoms with Gasteiger partial charge in [0, 0.05) is 23.4 Å². The molecule has 0 amide bonds. The molecule has 0 aliphatic heterocycles. The summed E-state index contributed by atoms with van der Waals surface area (Å²) >= 11 is 3.27. The second kappa shape index (κ2) is 6.49. The van der Waals surface area contributed by atoms with Crippen molar-refractivity contribution in [2.45, 2.75) is 18.0 Å². The number of rotatable bonds is 6. The largest absolute Gasteiger partial charge is 0.347 e. The summed E-state index contributed by atoms with van der Waals surface area (Å²) in [4.78, 5) is 7.05. The Balaban J connectivity index is 2.21. The Hall–Kier alpha value is -1.22. The fourth-order valence-electron chi connectivity index (χ4n) is 1.70. The second-order valence-corrected chi connectivity index (χ2v) is 6.75. The van der Waals surface area contributed by atoms with Crippen molar-refractivity contribution in [3.63, 3.8) is 0 Å². The van der Waals surface area contributed by atoms with Crippen LogP contribution < -0.4 is 10.0 Å². The monoisotopic (exact) mass is 358 g/mol.